The third-order valence-electron chi connectivity index (χ3n) is 5.13. The monoisotopic (exact) mass is 452 g/mol. The van der Waals surface area contributed by atoms with Crippen LogP contribution in [0.5, 0.6) is 5.75 Å². The van der Waals surface area contributed by atoms with E-state index in [-0.39, 0.29) is 11.5 Å². The molecule has 2 N–H and O–H groups in total. The van der Waals surface area contributed by atoms with Crippen molar-refractivity contribution in [2.45, 2.75) is 26.2 Å². The zero-order valence-electron chi connectivity index (χ0n) is 17.6. The van der Waals surface area contributed by atoms with Gasteiger partial charge in [-0.05, 0) is 50.1 Å². The van der Waals surface area contributed by atoms with Gasteiger partial charge in [-0.15, -0.1) is 0 Å². The maximum absolute atomic E-state index is 13.0. The molecule has 0 radical (unpaired) electrons. The number of fused-ring (bicyclic) bond motifs is 1. The molecule has 0 saturated carbocycles. The number of aromatic nitrogens is 1. The minimum absolute atomic E-state index is 0.183. The topological polar surface area (TPSA) is 106 Å². The van der Waals surface area contributed by atoms with Crippen LogP contribution >= 0.6 is 11.6 Å². The van der Waals surface area contributed by atoms with Crippen molar-refractivity contribution in [3.8, 4) is 5.75 Å². The normalized spacial score (nSPS) is 14.0. The number of hydrogen-bond donors (Lipinski definition) is 2. The summed E-state index contributed by atoms with van der Waals surface area (Å²) in [6.45, 7) is 1.80. The van der Waals surface area contributed by atoms with E-state index in [2.05, 4.69) is 20.8 Å². The Morgan fingerprint density at radius 1 is 1.19 bits per heavy atom. The first-order valence-electron chi connectivity index (χ1n) is 10.0. The average molecular weight is 453 g/mol. The molecule has 4 rings (SSSR count). The second kappa shape index (κ2) is 9.23. The summed E-state index contributed by atoms with van der Waals surface area (Å²) in [4.78, 5) is 29.3. The van der Waals surface area contributed by atoms with Crippen LogP contribution in [0.1, 0.15) is 50.8 Å². The van der Waals surface area contributed by atoms with Gasteiger partial charge in [0.1, 0.15) is 17.2 Å². The highest BCUT2D eigenvalue weighted by Crippen LogP contribution is 2.32. The average Bonchev–Trinajstić information content (AvgIpc) is 3.15. The number of nitrogens with one attached hydrogen (secondary N) is 2. The van der Waals surface area contributed by atoms with Crippen LogP contribution in [0.15, 0.2) is 52.1 Å². The lowest BCUT2D eigenvalue weighted by Gasteiger charge is -2.13. The molecule has 164 valence electrons. The van der Waals surface area contributed by atoms with Gasteiger partial charge in [-0.25, -0.2) is 5.43 Å². The number of hydrazone groups is 1. The van der Waals surface area contributed by atoms with Gasteiger partial charge in [-0.3, -0.25) is 14.6 Å². The van der Waals surface area contributed by atoms with Gasteiger partial charge in [0, 0.05) is 28.8 Å². The zero-order chi connectivity index (χ0) is 22.7. The molecule has 3 aromatic rings. The van der Waals surface area contributed by atoms with Gasteiger partial charge in [0.25, 0.3) is 11.8 Å². The lowest BCUT2D eigenvalue weighted by Crippen LogP contribution is -2.22. The van der Waals surface area contributed by atoms with Crippen LogP contribution in [0, 0.1) is 6.92 Å². The number of benzene rings is 1. The van der Waals surface area contributed by atoms with Gasteiger partial charge < -0.3 is 14.5 Å². The van der Waals surface area contributed by atoms with Gasteiger partial charge >= 0.3 is 0 Å². The standard InChI is InChI=1S/C23H21ClN4O4/c1-13-20-15(27-28-22(29)16-6-3-4-11-25-16)7-5-8-19(20)32-21(13)23(30)26-17-12-14(24)9-10-18(17)31-2/h3-4,6,9-12H,5,7-8H2,1-2H3,(H,26,30)(H,28,29)/b27-15+. The van der Waals surface area contributed by atoms with E-state index in [1.54, 1.807) is 49.5 Å². The minimum atomic E-state index is -0.422. The Balaban J connectivity index is 1.59. The van der Waals surface area contributed by atoms with Crippen LogP contribution < -0.4 is 15.5 Å². The minimum Gasteiger partial charge on any atom is -0.495 e. The number of anilines is 1. The molecule has 2 amide bonds. The predicted octanol–water partition coefficient (Wildman–Crippen LogP) is 4.37. The highest BCUT2D eigenvalue weighted by Gasteiger charge is 2.28. The number of halogens is 1. The van der Waals surface area contributed by atoms with Crippen molar-refractivity contribution >= 4 is 34.8 Å². The highest BCUT2D eigenvalue weighted by atomic mass is 35.5. The second-order valence-corrected chi connectivity index (χ2v) is 7.66. The molecule has 0 atom stereocenters. The van der Waals surface area contributed by atoms with Crippen LogP contribution in [0.3, 0.4) is 0 Å². The molecule has 0 bridgehead atoms. The van der Waals surface area contributed by atoms with Gasteiger partial charge in [0.15, 0.2) is 5.76 Å². The number of nitrogens with zero attached hydrogens (tertiary/aromatic N) is 2. The molecule has 0 saturated heterocycles. The number of methoxy groups -OCH3 is 1. The van der Waals surface area contributed by atoms with E-state index in [1.165, 1.54) is 7.11 Å². The van der Waals surface area contributed by atoms with Gasteiger partial charge in [0.2, 0.25) is 0 Å². The number of rotatable bonds is 5. The lowest BCUT2D eigenvalue weighted by molar-refractivity contribution is 0.0948. The molecule has 0 spiro atoms. The Hall–Kier alpha value is -3.65. The first kappa shape index (κ1) is 21.6. The number of carbonyl (C=O) groups is 2. The molecule has 2 aromatic heterocycles. The molecule has 0 aliphatic heterocycles. The Morgan fingerprint density at radius 3 is 2.78 bits per heavy atom. The van der Waals surface area contributed by atoms with Gasteiger partial charge in [-0.1, -0.05) is 17.7 Å². The van der Waals surface area contributed by atoms with Crippen LogP contribution in [0.25, 0.3) is 0 Å². The number of amides is 2. The number of pyridine rings is 1. The largest absolute Gasteiger partial charge is 0.495 e. The summed E-state index contributed by atoms with van der Waals surface area (Å²) in [5.74, 6) is 0.508. The van der Waals surface area contributed by atoms with Crippen LogP contribution in [-0.4, -0.2) is 29.6 Å². The summed E-state index contributed by atoms with van der Waals surface area (Å²) in [5, 5.41) is 7.57. The quantitative estimate of drug-likeness (QED) is 0.559. The van der Waals surface area contributed by atoms with Crippen molar-refractivity contribution < 1.29 is 18.7 Å². The number of hydrogen-bond acceptors (Lipinski definition) is 6. The van der Waals surface area contributed by atoms with Gasteiger partial charge in [0.05, 0.1) is 18.5 Å². The van der Waals surface area contributed by atoms with E-state index in [0.717, 1.165) is 12.0 Å². The van der Waals surface area contributed by atoms with Crippen LogP contribution in [0.2, 0.25) is 5.02 Å². The molecular formula is C23H21ClN4O4. The Morgan fingerprint density at radius 2 is 2.03 bits per heavy atom. The van der Waals surface area contributed by atoms with Crippen molar-refractivity contribution in [2.24, 2.45) is 5.10 Å². The summed E-state index contributed by atoms with van der Waals surface area (Å²) in [5.41, 5.74) is 5.33. The number of furan rings is 1. The Bertz CT molecular complexity index is 1200. The molecule has 1 aromatic carbocycles. The van der Waals surface area contributed by atoms with Gasteiger partial charge in [-0.2, -0.15) is 5.10 Å². The van der Waals surface area contributed by atoms with E-state index in [0.29, 0.717) is 46.3 Å². The fourth-order valence-electron chi connectivity index (χ4n) is 3.63. The molecule has 8 nitrogen and oxygen atoms in total. The number of ether oxygens (including phenoxy) is 1. The van der Waals surface area contributed by atoms with Crippen molar-refractivity contribution in [2.75, 3.05) is 12.4 Å². The first-order chi connectivity index (χ1) is 15.5. The summed E-state index contributed by atoms with van der Waals surface area (Å²) >= 11 is 6.06. The molecule has 0 unspecified atom stereocenters. The van der Waals surface area contributed by atoms with E-state index in [1.807, 2.05) is 0 Å². The third-order valence-corrected chi connectivity index (χ3v) is 5.37. The van der Waals surface area contributed by atoms with Crippen molar-refractivity contribution in [3.63, 3.8) is 0 Å². The van der Waals surface area contributed by atoms with Crippen molar-refractivity contribution in [3.05, 3.63) is 76.0 Å². The number of carbonyl (C=O) groups excluding carboxylic acids is 2. The smallest absolute Gasteiger partial charge is 0.291 e. The summed E-state index contributed by atoms with van der Waals surface area (Å²) < 4.78 is 11.2. The van der Waals surface area contributed by atoms with Crippen molar-refractivity contribution in [1.82, 2.24) is 10.4 Å². The first-order valence-corrected chi connectivity index (χ1v) is 10.4. The SMILES string of the molecule is COc1ccc(Cl)cc1NC(=O)c1oc2c(c1C)/C(=N/NC(=O)c1ccccn1)CCC2. The maximum Gasteiger partial charge on any atom is 0.291 e. The summed E-state index contributed by atoms with van der Waals surface area (Å²) in [6.07, 6.45) is 3.67. The highest BCUT2D eigenvalue weighted by molar-refractivity contribution is 6.31. The maximum atomic E-state index is 13.0. The fourth-order valence-corrected chi connectivity index (χ4v) is 3.80. The van der Waals surface area contributed by atoms with E-state index in [4.69, 9.17) is 20.8 Å². The molecule has 1 aliphatic carbocycles. The van der Waals surface area contributed by atoms with E-state index in [9.17, 15) is 9.59 Å². The Kier molecular flexibility index (Phi) is 6.23. The third kappa shape index (κ3) is 4.36. The lowest BCUT2D eigenvalue weighted by atomic mass is 9.93. The van der Waals surface area contributed by atoms with E-state index < -0.39 is 11.8 Å². The fraction of sp³-hybridized carbons (Fsp3) is 0.217. The molecule has 9 heteroatoms. The molecule has 32 heavy (non-hydrogen) atoms. The zero-order valence-corrected chi connectivity index (χ0v) is 18.3. The summed E-state index contributed by atoms with van der Waals surface area (Å²) in [6, 6.07) is 10.0. The van der Waals surface area contributed by atoms with Crippen LogP contribution in [-0.2, 0) is 6.42 Å². The van der Waals surface area contributed by atoms with E-state index >= 15 is 0 Å². The molecule has 2 heterocycles. The predicted molar refractivity (Wildman–Crippen MR) is 121 cm³/mol. The molecule has 1 aliphatic rings. The molecule has 0 fully saturated rings. The second-order valence-electron chi connectivity index (χ2n) is 7.22. The summed E-state index contributed by atoms with van der Waals surface area (Å²) in [7, 11) is 1.51. The Labute approximate surface area is 189 Å². The van der Waals surface area contributed by atoms with Crippen molar-refractivity contribution in [1.29, 1.82) is 0 Å². The molecular weight excluding hydrogens is 432 g/mol. The number of aryl methyl sites for hydroxylation is 1. The van der Waals surface area contributed by atoms with Crippen LogP contribution in [0.4, 0.5) is 5.69 Å².